The second kappa shape index (κ2) is 11.4. The predicted octanol–water partition coefficient (Wildman–Crippen LogP) is 4.17. The fourth-order valence-electron chi connectivity index (χ4n) is 4.63. The van der Waals surface area contributed by atoms with Gasteiger partial charge in [0.1, 0.15) is 5.75 Å². The molecule has 3 aromatic rings. The molecule has 0 unspecified atom stereocenters. The standard InChI is InChI=1S/C25H30N4O3S/c1-32-20-5-6-24-22(15-20)18(7-10-26-24)3-2-4-19-9-12-29(17-23(19)25(30)31)13-14-33-21-8-11-27-28-16-21/h5-8,10-11,15-16,19,23H,2-4,9,12-14,17H2,1H3,(H,30,31)/t19-,23+/m1/s1. The number of aliphatic carboxylic acids is 1. The molecule has 0 amide bonds. The van der Waals surface area contributed by atoms with Crippen molar-refractivity contribution < 1.29 is 14.6 Å². The Balaban J connectivity index is 1.29. The minimum absolute atomic E-state index is 0.221. The predicted molar refractivity (Wildman–Crippen MR) is 130 cm³/mol. The molecule has 7 nitrogen and oxygen atoms in total. The number of hydrogen-bond acceptors (Lipinski definition) is 7. The molecular formula is C25H30N4O3S. The van der Waals surface area contributed by atoms with Crippen LogP contribution in [0.25, 0.3) is 10.9 Å². The molecular weight excluding hydrogens is 436 g/mol. The van der Waals surface area contributed by atoms with Gasteiger partial charge in [-0.05, 0) is 74.0 Å². The summed E-state index contributed by atoms with van der Waals surface area (Å²) in [6.07, 6.45) is 9.05. The molecule has 3 heterocycles. The number of likely N-dealkylation sites (tertiary alicyclic amines) is 1. The fraction of sp³-hybridized carbons (Fsp3) is 0.440. The van der Waals surface area contributed by atoms with Crippen molar-refractivity contribution in [3.05, 3.63) is 54.5 Å². The second-order valence-corrected chi connectivity index (χ2v) is 9.63. The molecule has 0 bridgehead atoms. The maximum absolute atomic E-state index is 12.0. The number of thioether (sulfide) groups is 1. The summed E-state index contributed by atoms with van der Waals surface area (Å²) in [5.74, 6) is 0.989. The summed E-state index contributed by atoms with van der Waals surface area (Å²) in [6, 6.07) is 9.96. The first-order valence-electron chi connectivity index (χ1n) is 11.4. The van der Waals surface area contributed by atoms with Crippen LogP contribution >= 0.6 is 11.8 Å². The van der Waals surface area contributed by atoms with Crippen molar-refractivity contribution in [1.29, 1.82) is 0 Å². The third-order valence-electron chi connectivity index (χ3n) is 6.45. The van der Waals surface area contributed by atoms with E-state index in [4.69, 9.17) is 4.74 Å². The van der Waals surface area contributed by atoms with E-state index in [-0.39, 0.29) is 11.8 Å². The molecule has 0 saturated carbocycles. The number of piperidine rings is 1. The van der Waals surface area contributed by atoms with Crippen LogP contribution in [0, 0.1) is 11.8 Å². The molecule has 0 radical (unpaired) electrons. The molecule has 33 heavy (non-hydrogen) atoms. The monoisotopic (exact) mass is 466 g/mol. The van der Waals surface area contributed by atoms with E-state index in [2.05, 4.69) is 26.1 Å². The van der Waals surface area contributed by atoms with Crippen LogP contribution in [-0.4, -0.2) is 63.7 Å². The number of nitrogens with zero attached hydrogens (tertiary/aromatic N) is 4. The Bertz CT molecular complexity index is 1070. The van der Waals surface area contributed by atoms with E-state index < -0.39 is 5.97 Å². The lowest BCUT2D eigenvalue weighted by Crippen LogP contribution is -2.44. The molecule has 2 atom stereocenters. The average Bonchev–Trinajstić information content (AvgIpc) is 2.85. The van der Waals surface area contributed by atoms with Crippen LogP contribution in [0.5, 0.6) is 5.75 Å². The molecule has 4 rings (SSSR count). The van der Waals surface area contributed by atoms with Crippen molar-refractivity contribution in [2.24, 2.45) is 11.8 Å². The summed E-state index contributed by atoms with van der Waals surface area (Å²) in [6.45, 7) is 2.47. The lowest BCUT2D eigenvalue weighted by Gasteiger charge is -2.36. The van der Waals surface area contributed by atoms with Crippen molar-refractivity contribution in [1.82, 2.24) is 20.1 Å². The van der Waals surface area contributed by atoms with Gasteiger partial charge in [-0.15, -0.1) is 11.8 Å². The lowest BCUT2D eigenvalue weighted by atomic mass is 9.81. The smallest absolute Gasteiger partial charge is 0.308 e. The first-order chi connectivity index (χ1) is 16.1. The maximum atomic E-state index is 12.0. The molecule has 1 aliphatic heterocycles. The lowest BCUT2D eigenvalue weighted by molar-refractivity contribution is -0.146. The van der Waals surface area contributed by atoms with Gasteiger partial charge < -0.3 is 14.7 Å². The molecule has 8 heteroatoms. The minimum Gasteiger partial charge on any atom is -0.497 e. The Labute approximate surface area is 198 Å². The molecule has 174 valence electrons. The zero-order valence-electron chi connectivity index (χ0n) is 18.9. The van der Waals surface area contributed by atoms with Crippen LogP contribution in [0.3, 0.4) is 0 Å². The Morgan fingerprint density at radius 3 is 2.94 bits per heavy atom. The van der Waals surface area contributed by atoms with Gasteiger partial charge in [-0.3, -0.25) is 9.78 Å². The molecule has 1 aromatic carbocycles. The van der Waals surface area contributed by atoms with E-state index in [1.807, 2.05) is 30.5 Å². The molecule has 1 N–H and O–H groups in total. The molecule has 1 fully saturated rings. The van der Waals surface area contributed by atoms with E-state index in [9.17, 15) is 9.90 Å². The van der Waals surface area contributed by atoms with Gasteiger partial charge in [-0.25, -0.2) is 0 Å². The number of ether oxygens (including phenoxy) is 1. The highest BCUT2D eigenvalue weighted by atomic mass is 32.2. The summed E-state index contributed by atoms with van der Waals surface area (Å²) >= 11 is 1.73. The number of benzene rings is 1. The Hall–Kier alpha value is -2.71. The highest BCUT2D eigenvalue weighted by molar-refractivity contribution is 7.99. The number of carboxylic acids is 1. The van der Waals surface area contributed by atoms with E-state index in [1.54, 1.807) is 31.3 Å². The van der Waals surface area contributed by atoms with Gasteiger partial charge in [0.15, 0.2) is 0 Å². The van der Waals surface area contributed by atoms with Gasteiger partial charge in [0.2, 0.25) is 0 Å². The third-order valence-corrected chi connectivity index (χ3v) is 7.41. The van der Waals surface area contributed by atoms with Crippen LogP contribution in [0.15, 0.2) is 53.8 Å². The van der Waals surface area contributed by atoms with Gasteiger partial charge in [-0.2, -0.15) is 10.2 Å². The quantitative estimate of drug-likeness (QED) is 0.446. The zero-order valence-corrected chi connectivity index (χ0v) is 19.7. The average molecular weight is 467 g/mol. The van der Waals surface area contributed by atoms with E-state index in [0.717, 1.165) is 66.1 Å². The third kappa shape index (κ3) is 6.21. The summed E-state index contributed by atoms with van der Waals surface area (Å²) in [7, 11) is 1.67. The molecule has 0 aliphatic carbocycles. The molecule has 0 spiro atoms. The van der Waals surface area contributed by atoms with Gasteiger partial charge in [0.25, 0.3) is 0 Å². The van der Waals surface area contributed by atoms with E-state index in [1.165, 1.54) is 5.56 Å². The van der Waals surface area contributed by atoms with Gasteiger partial charge >= 0.3 is 5.97 Å². The normalized spacial score (nSPS) is 18.9. The molecule has 1 saturated heterocycles. The first kappa shape index (κ1) is 23.4. The Kier molecular flexibility index (Phi) is 8.12. The van der Waals surface area contributed by atoms with Gasteiger partial charge in [-0.1, -0.05) is 0 Å². The summed E-state index contributed by atoms with van der Waals surface area (Å²) in [5, 5.41) is 18.7. The van der Waals surface area contributed by atoms with Crippen LogP contribution in [0.2, 0.25) is 0 Å². The minimum atomic E-state index is -0.671. The van der Waals surface area contributed by atoms with Crippen molar-refractivity contribution in [2.75, 3.05) is 32.5 Å². The van der Waals surface area contributed by atoms with Crippen LogP contribution in [-0.2, 0) is 11.2 Å². The summed E-state index contributed by atoms with van der Waals surface area (Å²) < 4.78 is 5.38. The Morgan fingerprint density at radius 2 is 2.15 bits per heavy atom. The largest absolute Gasteiger partial charge is 0.497 e. The maximum Gasteiger partial charge on any atom is 0.308 e. The number of aromatic nitrogens is 3. The van der Waals surface area contributed by atoms with Crippen LogP contribution in [0.1, 0.15) is 24.8 Å². The number of methoxy groups -OCH3 is 1. The van der Waals surface area contributed by atoms with E-state index in [0.29, 0.717) is 6.54 Å². The highest BCUT2D eigenvalue weighted by Gasteiger charge is 2.33. The van der Waals surface area contributed by atoms with Crippen molar-refractivity contribution >= 4 is 28.6 Å². The SMILES string of the molecule is COc1ccc2nccc(CCC[C@@H]3CCN(CCSc4ccnnc4)C[C@@H]3C(=O)O)c2c1. The number of carbonyl (C=O) groups is 1. The van der Waals surface area contributed by atoms with E-state index >= 15 is 0 Å². The number of rotatable bonds is 10. The number of carboxylic acid groups (broad SMARTS) is 1. The number of pyridine rings is 1. The molecule has 2 aromatic heterocycles. The fourth-order valence-corrected chi connectivity index (χ4v) is 5.50. The summed E-state index contributed by atoms with van der Waals surface area (Å²) in [4.78, 5) is 19.9. The van der Waals surface area contributed by atoms with Gasteiger partial charge in [0, 0.05) is 35.3 Å². The number of hydrogen-bond donors (Lipinski definition) is 1. The van der Waals surface area contributed by atoms with Crippen LogP contribution in [0.4, 0.5) is 0 Å². The first-order valence-corrected chi connectivity index (χ1v) is 12.4. The second-order valence-electron chi connectivity index (χ2n) is 8.47. The Morgan fingerprint density at radius 1 is 1.24 bits per heavy atom. The number of aryl methyl sites for hydroxylation is 1. The summed E-state index contributed by atoms with van der Waals surface area (Å²) in [5.41, 5.74) is 2.20. The molecule has 1 aliphatic rings. The highest BCUT2D eigenvalue weighted by Crippen LogP contribution is 2.30. The topological polar surface area (TPSA) is 88.4 Å². The van der Waals surface area contributed by atoms with Crippen LogP contribution < -0.4 is 4.74 Å². The zero-order chi connectivity index (χ0) is 23.0. The van der Waals surface area contributed by atoms with Gasteiger partial charge in [0.05, 0.1) is 30.9 Å². The van der Waals surface area contributed by atoms with Crippen molar-refractivity contribution in [2.45, 2.75) is 30.6 Å². The number of fused-ring (bicyclic) bond motifs is 1. The van der Waals surface area contributed by atoms with Crippen molar-refractivity contribution in [3.8, 4) is 5.75 Å². The van der Waals surface area contributed by atoms with Crippen molar-refractivity contribution in [3.63, 3.8) is 0 Å².